The minimum absolute atomic E-state index is 0.0728. The third-order valence-corrected chi connectivity index (χ3v) is 1.94. The number of aliphatic hydroxyl groups is 1. The van der Waals surface area contributed by atoms with Gasteiger partial charge in [-0.2, -0.15) is 0 Å². The molecular formula is C12H13NO3. The number of carbonyl (C=O) groups is 1. The molecule has 0 aliphatic heterocycles. The minimum atomic E-state index is -0.260. The van der Waals surface area contributed by atoms with Crippen molar-refractivity contribution in [2.45, 2.75) is 13.8 Å². The molecule has 4 nitrogen and oxygen atoms in total. The molecule has 2 N–H and O–H groups in total. The largest absolute Gasteiger partial charge is 0.512 e. The first-order valence-electron chi connectivity index (χ1n) is 4.74. The first-order chi connectivity index (χ1) is 7.50. The molecule has 4 heteroatoms. The summed E-state index contributed by atoms with van der Waals surface area (Å²) >= 11 is 0. The van der Waals surface area contributed by atoms with E-state index in [4.69, 9.17) is 0 Å². The van der Waals surface area contributed by atoms with Gasteiger partial charge in [-0.3, -0.25) is 9.79 Å². The number of carbonyl (C=O) groups excluding carboxylic acids is 1. The van der Waals surface area contributed by atoms with Crippen LogP contribution >= 0.6 is 0 Å². The lowest BCUT2D eigenvalue weighted by Crippen LogP contribution is -2.01. The maximum absolute atomic E-state index is 11.1. The van der Waals surface area contributed by atoms with Crippen LogP contribution in [0.1, 0.15) is 13.8 Å². The molecule has 0 saturated carbocycles. The zero-order valence-corrected chi connectivity index (χ0v) is 9.14. The van der Waals surface area contributed by atoms with E-state index in [0.717, 1.165) is 0 Å². The lowest BCUT2D eigenvalue weighted by atomic mass is 10.2. The highest BCUT2D eigenvalue weighted by molar-refractivity contribution is 6.12. The Bertz CT molecular complexity index is 457. The maximum atomic E-state index is 11.1. The molecular weight excluding hydrogens is 206 g/mol. The second-order valence-corrected chi connectivity index (χ2v) is 3.33. The smallest absolute Gasteiger partial charge is 0.164 e. The molecule has 0 aliphatic rings. The molecule has 0 atom stereocenters. The number of benzene rings is 1. The van der Waals surface area contributed by atoms with Crippen molar-refractivity contribution in [2.24, 2.45) is 4.99 Å². The van der Waals surface area contributed by atoms with Gasteiger partial charge in [0.15, 0.2) is 5.78 Å². The van der Waals surface area contributed by atoms with Crippen molar-refractivity contribution in [1.29, 1.82) is 0 Å². The van der Waals surface area contributed by atoms with Crippen LogP contribution in [0.3, 0.4) is 0 Å². The highest BCUT2D eigenvalue weighted by Crippen LogP contribution is 2.18. The van der Waals surface area contributed by atoms with E-state index in [1.165, 1.54) is 32.2 Å². The van der Waals surface area contributed by atoms with Crippen LogP contribution in [0.4, 0.5) is 5.69 Å². The van der Waals surface area contributed by atoms with Gasteiger partial charge in [-0.15, -0.1) is 0 Å². The number of rotatable bonds is 3. The first-order valence-corrected chi connectivity index (χ1v) is 4.74. The van der Waals surface area contributed by atoms with Gasteiger partial charge < -0.3 is 10.2 Å². The van der Waals surface area contributed by atoms with Crippen molar-refractivity contribution in [2.75, 3.05) is 0 Å². The highest BCUT2D eigenvalue weighted by Gasteiger charge is 2.04. The summed E-state index contributed by atoms with van der Waals surface area (Å²) in [6.07, 6.45) is 1.28. The fourth-order valence-electron chi connectivity index (χ4n) is 1.15. The third-order valence-electron chi connectivity index (χ3n) is 1.94. The summed E-state index contributed by atoms with van der Waals surface area (Å²) in [5, 5.41) is 18.4. The number of nitrogens with zero attached hydrogens (tertiary/aromatic N) is 1. The van der Waals surface area contributed by atoms with Crippen molar-refractivity contribution in [1.82, 2.24) is 0 Å². The fraction of sp³-hybridized carbons (Fsp3) is 0.167. The van der Waals surface area contributed by atoms with Crippen molar-refractivity contribution < 1.29 is 15.0 Å². The van der Waals surface area contributed by atoms with Gasteiger partial charge in [0.25, 0.3) is 0 Å². The topological polar surface area (TPSA) is 69.9 Å². The molecule has 0 amide bonds. The molecule has 0 radical (unpaired) electrons. The Labute approximate surface area is 93.6 Å². The van der Waals surface area contributed by atoms with Crippen molar-refractivity contribution >= 4 is 17.7 Å². The van der Waals surface area contributed by atoms with Crippen LogP contribution in [-0.4, -0.2) is 22.2 Å². The van der Waals surface area contributed by atoms with Gasteiger partial charge in [0.05, 0.1) is 11.3 Å². The molecule has 0 heterocycles. The summed E-state index contributed by atoms with van der Waals surface area (Å²) in [4.78, 5) is 15.1. The van der Waals surface area contributed by atoms with Gasteiger partial charge in [-0.1, -0.05) is 6.07 Å². The summed E-state index contributed by atoms with van der Waals surface area (Å²) in [5.74, 6) is -0.232. The van der Waals surface area contributed by atoms with Gasteiger partial charge >= 0.3 is 0 Å². The van der Waals surface area contributed by atoms with Gasteiger partial charge in [0, 0.05) is 12.3 Å². The van der Waals surface area contributed by atoms with Crippen molar-refractivity contribution in [3.05, 3.63) is 35.6 Å². The van der Waals surface area contributed by atoms with Crippen LogP contribution in [0.2, 0.25) is 0 Å². The number of phenols is 1. The average molecular weight is 219 g/mol. The van der Waals surface area contributed by atoms with E-state index in [-0.39, 0.29) is 22.9 Å². The first kappa shape index (κ1) is 12.0. The monoisotopic (exact) mass is 219 g/mol. The van der Waals surface area contributed by atoms with E-state index in [0.29, 0.717) is 5.69 Å². The Hall–Kier alpha value is -2.10. The number of aliphatic hydroxyl groups excluding tert-OH is 1. The quantitative estimate of drug-likeness (QED) is 0.466. The summed E-state index contributed by atoms with van der Waals surface area (Å²) < 4.78 is 0. The van der Waals surface area contributed by atoms with E-state index in [1.807, 2.05) is 0 Å². The Balaban J connectivity index is 2.96. The number of ketones is 1. The Morgan fingerprint density at radius 2 is 2.06 bits per heavy atom. The summed E-state index contributed by atoms with van der Waals surface area (Å²) in [7, 11) is 0. The van der Waals surface area contributed by atoms with E-state index < -0.39 is 0 Å². The Morgan fingerprint density at radius 3 is 2.56 bits per heavy atom. The fourth-order valence-corrected chi connectivity index (χ4v) is 1.15. The number of allylic oxidation sites excluding steroid dienone is 2. The van der Waals surface area contributed by atoms with Crippen LogP contribution in [0.15, 0.2) is 40.6 Å². The number of Topliss-reactive ketones (excluding diaryl/α,β-unsaturated/α-hetero) is 1. The molecule has 84 valence electrons. The van der Waals surface area contributed by atoms with E-state index in [2.05, 4.69) is 4.99 Å². The molecule has 0 aromatic heterocycles. The summed E-state index contributed by atoms with van der Waals surface area (Å²) in [6.45, 7) is 2.77. The predicted octanol–water partition coefficient (Wildman–Crippen LogP) is 2.52. The molecule has 0 unspecified atom stereocenters. The van der Waals surface area contributed by atoms with Crippen molar-refractivity contribution in [3.63, 3.8) is 0 Å². The minimum Gasteiger partial charge on any atom is -0.512 e. The highest BCUT2D eigenvalue weighted by atomic mass is 16.3. The van der Waals surface area contributed by atoms with Crippen LogP contribution in [0, 0.1) is 0 Å². The van der Waals surface area contributed by atoms with Crippen LogP contribution < -0.4 is 0 Å². The molecule has 0 bridgehead atoms. The van der Waals surface area contributed by atoms with Gasteiger partial charge in [-0.25, -0.2) is 0 Å². The molecule has 0 spiro atoms. The van der Waals surface area contributed by atoms with E-state index in [1.54, 1.807) is 12.1 Å². The average Bonchev–Trinajstić information content (AvgIpc) is 2.16. The standard InChI is InChI=1S/C12H13NO3/c1-8(14)12(9(2)15)7-13-10-4-3-5-11(16)6-10/h3-7,14,16H,1-2H3/b12-8-,13-7?. The number of hydrogen-bond acceptors (Lipinski definition) is 4. The van der Waals surface area contributed by atoms with E-state index >= 15 is 0 Å². The third kappa shape index (κ3) is 3.24. The normalized spacial score (nSPS) is 12.6. The number of aliphatic imine (C=N–C) groups is 1. The molecule has 1 aromatic rings. The molecule has 1 rings (SSSR count). The van der Waals surface area contributed by atoms with Gasteiger partial charge in [0.2, 0.25) is 0 Å². The number of phenolic OH excluding ortho intramolecular Hbond substituents is 1. The number of aromatic hydroxyl groups is 1. The van der Waals surface area contributed by atoms with Gasteiger partial charge in [0.1, 0.15) is 11.5 Å². The van der Waals surface area contributed by atoms with Crippen molar-refractivity contribution in [3.8, 4) is 5.75 Å². The molecule has 1 aromatic carbocycles. The van der Waals surface area contributed by atoms with Crippen LogP contribution in [0.5, 0.6) is 5.75 Å². The Kier molecular flexibility index (Phi) is 3.83. The molecule has 0 fully saturated rings. The van der Waals surface area contributed by atoms with Crippen LogP contribution in [-0.2, 0) is 4.79 Å². The second-order valence-electron chi connectivity index (χ2n) is 3.33. The molecule has 0 aliphatic carbocycles. The van der Waals surface area contributed by atoms with E-state index in [9.17, 15) is 15.0 Å². The predicted molar refractivity (Wildman–Crippen MR) is 62.3 cm³/mol. The molecule has 0 saturated heterocycles. The SMILES string of the molecule is CC(=O)/C(C=Nc1cccc(O)c1)=C(/C)O. The zero-order valence-electron chi connectivity index (χ0n) is 9.14. The Morgan fingerprint density at radius 1 is 1.38 bits per heavy atom. The second kappa shape index (κ2) is 5.11. The summed E-state index contributed by atoms with van der Waals surface area (Å²) in [5.41, 5.74) is 0.670. The lowest BCUT2D eigenvalue weighted by Gasteiger charge is -1.98. The lowest BCUT2D eigenvalue weighted by molar-refractivity contribution is -0.113. The van der Waals surface area contributed by atoms with Gasteiger partial charge in [-0.05, 0) is 26.0 Å². The maximum Gasteiger partial charge on any atom is 0.164 e. The van der Waals surface area contributed by atoms with Crippen LogP contribution in [0.25, 0.3) is 0 Å². The summed E-state index contributed by atoms with van der Waals surface area (Å²) in [6, 6.07) is 6.31. The zero-order chi connectivity index (χ0) is 12.1. The number of hydrogen-bond donors (Lipinski definition) is 2. The molecule has 16 heavy (non-hydrogen) atoms.